The smallest absolute Gasteiger partial charge is 0.410 e. The lowest BCUT2D eigenvalue weighted by molar-refractivity contribution is -0.137. The molecule has 10 rings (SSSR count). The maximum atomic E-state index is 13.2. The molecule has 6 saturated heterocycles. The molecule has 3 N–H and O–H groups in total. The molecule has 23 heteroatoms. The Morgan fingerprint density at radius 1 is 0.532 bits per heavy atom. The largest absolute Gasteiger partial charge is 0.444 e. The molecule has 0 spiro atoms. The predicted octanol–water partition coefficient (Wildman–Crippen LogP) is 3.19. The van der Waals surface area contributed by atoms with Gasteiger partial charge < -0.3 is 39.2 Å². The molecule has 0 saturated carbocycles. The van der Waals surface area contributed by atoms with Crippen LogP contribution in [0.5, 0.6) is 0 Å². The van der Waals surface area contributed by atoms with Crippen LogP contribution in [0.25, 0.3) is 0 Å². The van der Waals surface area contributed by atoms with Crippen LogP contribution in [-0.2, 0) is 33.4 Å². The molecule has 2 unspecified atom stereocenters. The van der Waals surface area contributed by atoms with Crippen LogP contribution in [0.4, 0.5) is 21.0 Å². The number of piperidine rings is 4. The average Bonchev–Trinajstić information content (AvgIpc) is 3.83. The van der Waals surface area contributed by atoms with E-state index in [1.54, 1.807) is 34.1 Å². The number of carbonyl (C=O) groups is 11. The summed E-state index contributed by atoms with van der Waals surface area (Å²) in [6.45, 7) is 21.7. The number of hydrogen-bond acceptors (Lipinski definition) is 17. The number of benzene rings is 2. The maximum Gasteiger partial charge on any atom is 0.410 e. The Hall–Kier alpha value is -7.27. The van der Waals surface area contributed by atoms with E-state index >= 15 is 0 Å². The molecule has 2 aromatic carbocycles. The Balaban J connectivity index is 0.000000175. The number of aldehydes is 1. The summed E-state index contributed by atoms with van der Waals surface area (Å²) >= 11 is 0. The number of anilines is 2. The highest BCUT2D eigenvalue weighted by Gasteiger charge is 2.46. The highest BCUT2D eigenvalue weighted by atomic mass is 16.6. The summed E-state index contributed by atoms with van der Waals surface area (Å²) in [4.78, 5) is 145. The lowest BCUT2D eigenvalue weighted by Gasteiger charge is -2.39. The van der Waals surface area contributed by atoms with E-state index in [0.717, 1.165) is 125 Å². The number of carbonyl (C=O) groups excluding carboxylic acids is 11. The van der Waals surface area contributed by atoms with Gasteiger partial charge in [0.05, 0.1) is 22.3 Å². The fraction of sp³-hybridized carbons (Fsp3) is 0.589. The number of ether oxygens (including phenoxy) is 2. The third-order valence-electron chi connectivity index (χ3n) is 15.2. The first-order valence-electron chi connectivity index (χ1n) is 27.5. The van der Waals surface area contributed by atoms with Crippen molar-refractivity contribution in [1.29, 1.82) is 0 Å². The van der Waals surface area contributed by atoms with Crippen molar-refractivity contribution in [3.05, 3.63) is 58.7 Å². The zero-order valence-corrected chi connectivity index (χ0v) is 46.1. The van der Waals surface area contributed by atoms with Crippen molar-refractivity contribution in [2.24, 2.45) is 11.8 Å². The molecule has 10 amide bonds. The van der Waals surface area contributed by atoms with Gasteiger partial charge in [-0.05, 0) is 122 Å². The van der Waals surface area contributed by atoms with Crippen molar-refractivity contribution in [2.45, 2.75) is 116 Å². The van der Waals surface area contributed by atoms with E-state index in [-0.39, 0.29) is 55.6 Å². The van der Waals surface area contributed by atoms with Gasteiger partial charge >= 0.3 is 12.2 Å². The summed E-state index contributed by atoms with van der Waals surface area (Å²) in [5.74, 6) is -3.21. The van der Waals surface area contributed by atoms with Gasteiger partial charge in [-0.1, -0.05) is 0 Å². The Kier molecular flexibility index (Phi) is 17.9. The molecular formula is C56H74N10O13. The monoisotopic (exact) mass is 1090 g/mol. The molecule has 426 valence electrons. The molecule has 8 aliphatic heterocycles. The molecule has 6 fully saturated rings. The number of amides is 10. The minimum atomic E-state index is -0.960. The van der Waals surface area contributed by atoms with E-state index in [4.69, 9.17) is 9.47 Å². The van der Waals surface area contributed by atoms with Crippen LogP contribution in [0.1, 0.15) is 134 Å². The Morgan fingerprint density at radius 2 is 0.937 bits per heavy atom. The molecular weight excluding hydrogens is 1020 g/mol. The van der Waals surface area contributed by atoms with Crippen LogP contribution in [-0.4, -0.2) is 199 Å². The number of imide groups is 4. The van der Waals surface area contributed by atoms with Crippen molar-refractivity contribution in [1.82, 2.24) is 40.4 Å². The van der Waals surface area contributed by atoms with Crippen LogP contribution in [0.15, 0.2) is 36.4 Å². The Bertz CT molecular complexity index is 2720. The summed E-state index contributed by atoms with van der Waals surface area (Å²) in [5.41, 5.74) is 2.09. The zero-order valence-electron chi connectivity index (χ0n) is 46.1. The Morgan fingerprint density at radius 3 is 1.34 bits per heavy atom. The highest BCUT2D eigenvalue weighted by Crippen LogP contribution is 2.33. The molecule has 23 nitrogen and oxygen atoms in total. The first-order valence-corrected chi connectivity index (χ1v) is 27.5. The standard InChI is InChI=1S/C28H37N5O6.C17H18N4O4.C11H19NO3/c1-28(2,3)39-27(38)32-10-8-18(9-11-32)17-30-12-14-31(15-13-30)19-4-5-20-21(16-19)26(37)33(25(20)36)22-6-7-23(34)29-24(22)35;22-14-4-3-13(15(23)19-14)21-16(24)11-2-1-10(9-12(11)17(21)25)20-7-5-18-6-8-20;1-11(2,3)15-10(14)12-6-4-9(8-13)5-7-12/h4-5,16,18,22H,6-15,17H2,1-3H3,(H,29,34,35);1-2,9,13,18H,3-8H2,(H,19,22,23);8-9H,4-7H2,1-3H3. The second-order valence-corrected chi connectivity index (χ2v) is 23.2. The number of fused-ring (bicyclic) bond motifs is 2. The number of piperazine rings is 2. The lowest BCUT2D eigenvalue weighted by Crippen LogP contribution is -2.54. The molecule has 0 bridgehead atoms. The fourth-order valence-electron chi connectivity index (χ4n) is 11.0. The summed E-state index contributed by atoms with van der Waals surface area (Å²) in [6.07, 6.45) is 4.44. The van der Waals surface area contributed by atoms with E-state index in [1.165, 1.54) is 0 Å². The average molecular weight is 1100 g/mol. The van der Waals surface area contributed by atoms with Crippen molar-refractivity contribution in [3.8, 4) is 0 Å². The third-order valence-corrected chi connectivity index (χ3v) is 15.2. The van der Waals surface area contributed by atoms with E-state index in [0.29, 0.717) is 41.3 Å². The SMILES string of the molecule is CC(C)(C)OC(=O)N1CCC(C=O)CC1.CC(C)(C)OC(=O)N1CCC(CN2CCN(c3ccc4c(c3)C(=O)N(C3CCC(=O)NC3=O)C4=O)CC2)CC1.O=C1CCC(N2C(=O)c3ccc(N4CCNCC4)cc3C2=O)C(=O)N1. The van der Waals surface area contributed by atoms with E-state index in [2.05, 4.69) is 30.7 Å². The predicted molar refractivity (Wildman–Crippen MR) is 287 cm³/mol. The number of rotatable bonds is 7. The number of nitrogens with one attached hydrogen (secondary N) is 3. The molecule has 2 atom stereocenters. The first kappa shape index (κ1) is 57.9. The van der Waals surface area contributed by atoms with Crippen LogP contribution in [0, 0.1) is 11.8 Å². The van der Waals surface area contributed by atoms with Gasteiger partial charge in [0, 0.05) is 115 Å². The number of likely N-dealkylation sites (tertiary alicyclic amines) is 2. The van der Waals surface area contributed by atoms with Gasteiger partial charge in [-0.25, -0.2) is 9.59 Å². The van der Waals surface area contributed by atoms with Crippen molar-refractivity contribution in [2.75, 3.05) is 94.9 Å². The van der Waals surface area contributed by atoms with Crippen LogP contribution >= 0.6 is 0 Å². The van der Waals surface area contributed by atoms with Crippen molar-refractivity contribution < 1.29 is 62.2 Å². The summed E-state index contributed by atoms with van der Waals surface area (Å²) in [5, 5.41) is 7.69. The van der Waals surface area contributed by atoms with Crippen LogP contribution in [0.3, 0.4) is 0 Å². The second-order valence-electron chi connectivity index (χ2n) is 23.2. The minimum absolute atomic E-state index is 0.0994. The van der Waals surface area contributed by atoms with Crippen molar-refractivity contribution in [3.63, 3.8) is 0 Å². The summed E-state index contributed by atoms with van der Waals surface area (Å²) in [6, 6.07) is 8.62. The van der Waals surface area contributed by atoms with Gasteiger partial charge in [0.1, 0.15) is 29.6 Å². The quantitative estimate of drug-likeness (QED) is 0.266. The van der Waals surface area contributed by atoms with Gasteiger partial charge in [-0.2, -0.15) is 0 Å². The second kappa shape index (κ2) is 24.4. The number of hydrogen-bond donors (Lipinski definition) is 3. The van der Waals surface area contributed by atoms with E-state index < -0.39 is 58.7 Å². The molecule has 0 radical (unpaired) electrons. The maximum absolute atomic E-state index is 13.2. The van der Waals surface area contributed by atoms with Gasteiger partial charge in [0.15, 0.2) is 0 Å². The van der Waals surface area contributed by atoms with Gasteiger partial charge in [0.25, 0.3) is 23.6 Å². The molecule has 79 heavy (non-hydrogen) atoms. The van der Waals surface area contributed by atoms with E-state index in [1.807, 2.05) is 53.7 Å². The molecule has 0 aromatic heterocycles. The minimum Gasteiger partial charge on any atom is -0.444 e. The molecule has 2 aromatic rings. The van der Waals surface area contributed by atoms with Gasteiger partial charge in [-0.15, -0.1) is 0 Å². The normalized spacial score (nSPS) is 22.6. The first-order chi connectivity index (χ1) is 37.5. The van der Waals surface area contributed by atoms with Crippen molar-refractivity contribution >= 4 is 77.1 Å². The lowest BCUT2D eigenvalue weighted by atomic mass is 9.96. The molecule has 0 aliphatic carbocycles. The molecule has 8 heterocycles. The van der Waals surface area contributed by atoms with Gasteiger partial charge in [0.2, 0.25) is 23.6 Å². The van der Waals surface area contributed by atoms with E-state index in [9.17, 15) is 52.7 Å². The fourth-order valence-corrected chi connectivity index (χ4v) is 11.0. The van der Waals surface area contributed by atoms with Crippen LogP contribution < -0.4 is 25.8 Å². The van der Waals surface area contributed by atoms with Gasteiger partial charge in [-0.3, -0.25) is 63.7 Å². The molecule has 8 aliphatic rings. The zero-order chi connectivity index (χ0) is 56.9. The third kappa shape index (κ3) is 14.0. The topological polar surface area (TPSA) is 265 Å². The summed E-state index contributed by atoms with van der Waals surface area (Å²) < 4.78 is 10.7. The highest BCUT2D eigenvalue weighted by molar-refractivity contribution is 6.24. The summed E-state index contributed by atoms with van der Waals surface area (Å²) in [7, 11) is 0. The number of nitrogens with zero attached hydrogens (tertiary/aromatic N) is 7. The van der Waals surface area contributed by atoms with Crippen LogP contribution in [0.2, 0.25) is 0 Å². The Labute approximate surface area is 459 Å².